The predicted octanol–water partition coefficient (Wildman–Crippen LogP) is 0.918. The molecule has 0 saturated carbocycles. The lowest BCUT2D eigenvalue weighted by Gasteiger charge is -2.20. The van der Waals surface area contributed by atoms with Gasteiger partial charge in [-0.25, -0.2) is 0 Å². The molecule has 20 heavy (non-hydrogen) atoms. The first-order chi connectivity index (χ1) is 9.58. The zero-order valence-corrected chi connectivity index (χ0v) is 12.3. The van der Waals surface area contributed by atoms with E-state index in [-0.39, 0.29) is 31.1 Å². The maximum absolute atomic E-state index is 11.2. The Morgan fingerprint density at radius 2 is 2.05 bits per heavy atom. The number of benzene rings is 1. The van der Waals surface area contributed by atoms with E-state index in [2.05, 4.69) is 10.6 Å². The molecule has 5 nitrogen and oxygen atoms in total. The molecule has 1 aromatic rings. The van der Waals surface area contributed by atoms with Crippen molar-refractivity contribution in [1.82, 2.24) is 10.6 Å². The van der Waals surface area contributed by atoms with Crippen LogP contribution >= 0.6 is 0 Å². The van der Waals surface area contributed by atoms with Crippen LogP contribution in [-0.4, -0.2) is 37.3 Å². The lowest BCUT2D eigenvalue weighted by Crippen LogP contribution is -2.33. The smallest absolute Gasteiger partial charge is 0.257 e. The Balaban J connectivity index is 2.59. The number of rotatable bonds is 8. The van der Waals surface area contributed by atoms with Gasteiger partial charge in [-0.15, -0.1) is 0 Å². The van der Waals surface area contributed by atoms with E-state index in [0.29, 0.717) is 12.3 Å². The maximum atomic E-state index is 11.2. The topological polar surface area (TPSA) is 70.6 Å². The van der Waals surface area contributed by atoms with Crippen LogP contribution in [0.3, 0.4) is 0 Å². The van der Waals surface area contributed by atoms with Gasteiger partial charge in [-0.3, -0.25) is 4.79 Å². The Kier molecular flexibility index (Phi) is 7.04. The molecular formula is C15H24N2O3. The maximum Gasteiger partial charge on any atom is 0.257 e. The lowest BCUT2D eigenvalue weighted by atomic mass is 10.0. The summed E-state index contributed by atoms with van der Waals surface area (Å²) in [5.74, 6) is 0.733. The highest BCUT2D eigenvalue weighted by Gasteiger charge is 2.12. The summed E-state index contributed by atoms with van der Waals surface area (Å²) in [7, 11) is 1.58. The van der Waals surface area contributed by atoms with Gasteiger partial charge in [0.05, 0.1) is 0 Å². The Morgan fingerprint density at radius 3 is 2.70 bits per heavy atom. The fourth-order valence-electron chi connectivity index (χ4n) is 1.64. The number of ether oxygens (including phenoxy) is 1. The number of carbonyl (C=O) groups is 1. The molecule has 0 aromatic heterocycles. The first-order valence-electron chi connectivity index (χ1n) is 6.84. The summed E-state index contributed by atoms with van der Waals surface area (Å²) < 4.78 is 5.51. The molecule has 1 amide bonds. The van der Waals surface area contributed by atoms with Crippen LogP contribution in [0.25, 0.3) is 0 Å². The van der Waals surface area contributed by atoms with Gasteiger partial charge in [-0.1, -0.05) is 25.1 Å². The SMILES string of the molecule is CNC(=O)COc1ccccc1CNC(C)C(C)CO. The monoisotopic (exact) mass is 280 g/mol. The molecule has 0 aliphatic rings. The van der Waals surface area contributed by atoms with Crippen molar-refractivity contribution >= 4 is 5.91 Å². The number of hydrogen-bond acceptors (Lipinski definition) is 4. The third-order valence-electron chi connectivity index (χ3n) is 3.37. The van der Waals surface area contributed by atoms with Crippen molar-refractivity contribution in [3.8, 4) is 5.75 Å². The van der Waals surface area contributed by atoms with Gasteiger partial charge in [0.25, 0.3) is 5.91 Å². The minimum atomic E-state index is -0.157. The molecule has 0 saturated heterocycles. The number of aliphatic hydroxyl groups excluding tert-OH is 1. The highest BCUT2D eigenvalue weighted by atomic mass is 16.5. The van der Waals surface area contributed by atoms with Gasteiger partial charge >= 0.3 is 0 Å². The van der Waals surface area contributed by atoms with Crippen molar-refractivity contribution in [3.63, 3.8) is 0 Å². The van der Waals surface area contributed by atoms with Crippen molar-refractivity contribution in [2.75, 3.05) is 20.3 Å². The van der Waals surface area contributed by atoms with Crippen molar-refractivity contribution in [1.29, 1.82) is 0 Å². The van der Waals surface area contributed by atoms with Crippen molar-refractivity contribution in [2.45, 2.75) is 26.4 Å². The van der Waals surface area contributed by atoms with Crippen LogP contribution in [0, 0.1) is 5.92 Å². The molecule has 0 radical (unpaired) electrons. The number of nitrogens with one attached hydrogen (secondary N) is 2. The van der Waals surface area contributed by atoms with Gasteiger partial charge < -0.3 is 20.5 Å². The van der Waals surface area contributed by atoms with Crippen LogP contribution in [-0.2, 0) is 11.3 Å². The van der Waals surface area contributed by atoms with E-state index in [0.717, 1.165) is 5.56 Å². The van der Waals surface area contributed by atoms with Crippen LogP contribution in [0.5, 0.6) is 5.75 Å². The molecule has 112 valence electrons. The summed E-state index contributed by atoms with van der Waals surface area (Å²) in [6.45, 7) is 4.83. The average molecular weight is 280 g/mol. The standard InChI is InChI=1S/C15H24N2O3/c1-11(9-18)12(2)17-8-13-6-4-5-7-14(13)20-10-15(19)16-3/h4-7,11-12,17-18H,8-10H2,1-3H3,(H,16,19). The summed E-state index contributed by atoms with van der Waals surface area (Å²) in [5, 5.41) is 15.0. The molecule has 1 rings (SSSR count). The van der Waals surface area contributed by atoms with E-state index in [1.165, 1.54) is 0 Å². The van der Waals surface area contributed by atoms with E-state index in [1.54, 1.807) is 7.05 Å². The molecule has 3 N–H and O–H groups in total. The molecule has 0 aliphatic heterocycles. The molecule has 0 fully saturated rings. The molecule has 5 heteroatoms. The lowest BCUT2D eigenvalue weighted by molar-refractivity contribution is -0.122. The van der Waals surface area contributed by atoms with Crippen LogP contribution < -0.4 is 15.4 Å². The highest BCUT2D eigenvalue weighted by Crippen LogP contribution is 2.18. The molecule has 2 atom stereocenters. The minimum Gasteiger partial charge on any atom is -0.483 e. The molecule has 0 aliphatic carbocycles. The zero-order valence-electron chi connectivity index (χ0n) is 12.3. The van der Waals surface area contributed by atoms with E-state index in [4.69, 9.17) is 9.84 Å². The minimum absolute atomic E-state index is 0.0100. The second-order valence-electron chi connectivity index (χ2n) is 4.90. The van der Waals surface area contributed by atoms with E-state index < -0.39 is 0 Å². The number of hydrogen-bond donors (Lipinski definition) is 3. The first kappa shape index (κ1) is 16.5. The number of carbonyl (C=O) groups excluding carboxylic acids is 1. The zero-order chi connectivity index (χ0) is 15.0. The van der Waals surface area contributed by atoms with Gasteiger partial charge in [0.2, 0.25) is 0 Å². The second kappa shape index (κ2) is 8.55. The van der Waals surface area contributed by atoms with E-state index >= 15 is 0 Å². The number of para-hydroxylation sites is 1. The summed E-state index contributed by atoms with van der Waals surface area (Å²) in [6, 6.07) is 7.82. The third-order valence-corrected chi connectivity index (χ3v) is 3.37. The van der Waals surface area contributed by atoms with Crippen molar-refractivity contribution < 1.29 is 14.6 Å². The Morgan fingerprint density at radius 1 is 1.35 bits per heavy atom. The van der Waals surface area contributed by atoms with E-state index in [9.17, 15) is 4.79 Å². The van der Waals surface area contributed by atoms with Gasteiger partial charge in [0, 0.05) is 31.8 Å². The number of amides is 1. The molecule has 2 unspecified atom stereocenters. The summed E-state index contributed by atoms with van der Waals surface area (Å²) in [6.07, 6.45) is 0. The fourth-order valence-corrected chi connectivity index (χ4v) is 1.64. The van der Waals surface area contributed by atoms with Gasteiger partial charge in [0.15, 0.2) is 6.61 Å². The Labute approximate surface area is 120 Å². The van der Waals surface area contributed by atoms with Gasteiger partial charge in [-0.2, -0.15) is 0 Å². The van der Waals surface area contributed by atoms with Gasteiger partial charge in [0.1, 0.15) is 5.75 Å². The second-order valence-corrected chi connectivity index (χ2v) is 4.90. The van der Waals surface area contributed by atoms with Crippen LogP contribution in [0.4, 0.5) is 0 Å². The molecule has 0 spiro atoms. The van der Waals surface area contributed by atoms with Crippen molar-refractivity contribution in [3.05, 3.63) is 29.8 Å². The Hall–Kier alpha value is -1.59. The van der Waals surface area contributed by atoms with Crippen LogP contribution in [0.2, 0.25) is 0 Å². The quantitative estimate of drug-likeness (QED) is 0.662. The number of likely N-dealkylation sites (N-methyl/N-ethyl adjacent to an activating group) is 1. The molecular weight excluding hydrogens is 256 g/mol. The van der Waals surface area contributed by atoms with Crippen molar-refractivity contribution in [2.24, 2.45) is 5.92 Å². The molecule has 0 bridgehead atoms. The van der Waals surface area contributed by atoms with E-state index in [1.807, 2.05) is 38.1 Å². The summed E-state index contributed by atoms with van der Waals surface area (Å²) in [5.41, 5.74) is 0.994. The normalized spacial score (nSPS) is 13.6. The predicted molar refractivity (Wildman–Crippen MR) is 78.6 cm³/mol. The van der Waals surface area contributed by atoms with Gasteiger partial charge in [-0.05, 0) is 18.9 Å². The molecule has 1 aromatic carbocycles. The molecule has 0 heterocycles. The highest BCUT2D eigenvalue weighted by molar-refractivity contribution is 5.77. The first-order valence-corrected chi connectivity index (χ1v) is 6.84. The number of aliphatic hydroxyl groups is 1. The fraction of sp³-hybridized carbons (Fsp3) is 0.533. The van der Waals surface area contributed by atoms with Crippen LogP contribution in [0.15, 0.2) is 24.3 Å². The van der Waals surface area contributed by atoms with Crippen LogP contribution in [0.1, 0.15) is 19.4 Å². The summed E-state index contributed by atoms with van der Waals surface area (Å²) in [4.78, 5) is 11.2. The average Bonchev–Trinajstić information content (AvgIpc) is 2.49. The Bertz CT molecular complexity index is 423. The largest absolute Gasteiger partial charge is 0.483 e. The third kappa shape index (κ3) is 5.19. The summed E-state index contributed by atoms with van der Waals surface area (Å²) >= 11 is 0.